The lowest BCUT2D eigenvalue weighted by atomic mass is 10.0. The third kappa shape index (κ3) is 3.58. The molecule has 1 saturated heterocycles. The van der Waals surface area contributed by atoms with E-state index in [-0.39, 0.29) is 11.9 Å². The molecule has 0 saturated carbocycles. The van der Waals surface area contributed by atoms with Crippen LogP contribution >= 0.6 is 11.3 Å². The fraction of sp³-hybridized carbons (Fsp3) is 0.733. The molecule has 0 radical (unpaired) electrons. The second-order valence-electron chi connectivity index (χ2n) is 5.39. The predicted octanol–water partition coefficient (Wildman–Crippen LogP) is 2.85. The third-order valence-electron chi connectivity index (χ3n) is 4.00. The Morgan fingerprint density at radius 1 is 1.45 bits per heavy atom. The highest BCUT2D eigenvalue weighted by Crippen LogP contribution is 2.32. The molecule has 1 aromatic heterocycles. The Labute approximate surface area is 125 Å². The average molecular weight is 295 g/mol. The molecule has 0 aromatic carbocycles. The maximum absolute atomic E-state index is 12.6. The summed E-state index contributed by atoms with van der Waals surface area (Å²) in [5.41, 5.74) is 1.06. The number of likely N-dealkylation sites (N-methyl/N-ethyl adjacent to an activating group) is 1. The number of aromatic nitrogens is 1. The Kier molecular flexibility index (Phi) is 5.54. The Morgan fingerprint density at radius 3 is 2.80 bits per heavy atom. The molecule has 1 atom stereocenters. The quantitative estimate of drug-likeness (QED) is 0.838. The second kappa shape index (κ2) is 7.18. The Balaban J connectivity index is 2.08. The van der Waals surface area contributed by atoms with Crippen LogP contribution in [0, 0.1) is 6.92 Å². The van der Waals surface area contributed by atoms with Crippen molar-refractivity contribution in [3.05, 3.63) is 16.1 Å². The van der Waals surface area contributed by atoms with Gasteiger partial charge in [0.05, 0.1) is 12.6 Å². The molecule has 2 rings (SSSR count). The predicted molar refractivity (Wildman–Crippen MR) is 82.9 cm³/mol. The van der Waals surface area contributed by atoms with Crippen LogP contribution in [0.2, 0.25) is 0 Å². The van der Waals surface area contributed by atoms with Crippen molar-refractivity contribution in [1.82, 2.24) is 14.8 Å². The molecular weight excluding hydrogens is 270 g/mol. The lowest BCUT2D eigenvalue weighted by Crippen LogP contribution is -2.44. The molecule has 1 aliphatic rings. The summed E-state index contributed by atoms with van der Waals surface area (Å²) in [4.78, 5) is 21.4. The number of carbonyl (C=O) groups is 1. The summed E-state index contributed by atoms with van der Waals surface area (Å²) in [7, 11) is 0. The highest BCUT2D eigenvalue weighted by Gasteiger charge is 2.30. The van der Waals surface area contributed by atoms with Crippen LogP contribution in [0.15, 0.2) is 5.38 Å². The van der Waals surface area contributed by atoms with Crippen LogP contribution in [-0.2, 0) is 4.79 Å². The van der Waals surface area contributed by atoms with Gasteiger partial charge in [0.1, 0.15) is 5.01 Å². The molecule has 1 aliphatic heterocycles. The van der Waals surface area contributed by atoms with E-state index in [4.69, 9.17) is 0 Å². The van der Waals surface area contributed by atoms with E-state index in [1.807, 2.05) is 6.92 Å². The Hall–Kier alpha value is -0.940. The van der Waals surface area contributed by atoms with Gasteiger partial charge in [-0.05, 0) is 39.3 Å². The van der Waals surface area contributed by atoms with E-state index in [0.29, 0.717) is 6.54 Å². The van der Waals surface area contributed by atoms with Gasteiger partial charge in [0.2, 0.25) is 5.91 Å². The van der Waals surface area contributed by atoms with Crippen LogP contribution in [0.25, 0.3) is 0 Å². The molecule has 0 aliphatic carbocycles. The minimum atomic E-state index is 0.200. The number of hydrogen-bond acceptors (Lipinski definition) is 4. The van der Waals surface area contributed by atoms with Gasteiger partial charge in [-0.3, -0.25) is 9.69 Å². The summed E-state index contributed by atoms with van der Waals surface area (Å²) in [5.74, 6) is 0.256. The van der Waals surface area contributed by atoms with Gasteiger partial charge in [0, 0.05) is 17.6 Å². The van der Waals surface area contributed by atoms with Gasteiger partial charge >= 0.3 is 0 Å². The van der Waals surface area contributed by atoms with Gasteiger partial charge in [-0.2, -0.15) is 0 Å². The lowest BCUT2D eigenvalue weighted by Gasteiger charge is -2.35. The van der Waals surface area contributed by atoms with Gasteiger partial charge in [-0.25, -0.2) is 4.98 Å². The van der Waals surface area contributed by atoms with Gasteiger partial charge in [0.15, 0.2) is 0 Å². The SMILES string of the molecule is CCN(CC)CC(=O)N1CCCC[C@H]1c1nc(C)cs1. The first-order valence-corrected chi connectivity index (χ1v) is 8.47. The van der Waals surface area contributed by atoms with E-state index < -0.39 is 0 Å². The molecule has 0 bridgehead atoms. The number of amides is 1. The Morgan fingerprint density at radius 2 is 2.20 bits per heavy atom. The number of piperidine rings is 1. The molecule has 5 heteroatoms. The highest BCUT2D eigenvalue weighted by atomic mass is 32.1. The van der Waals surface area contributed by atoms with Crippen LogP contribution in [0.3, 0.4) is 0 Å². The van der Waals surface area contributed by atoms with E-state index in [1.54, 1.807) is 11.3 Å². The van der Waals surface area contributed by atoms with Gasteiger partial charge in [0.25, 0.3) is 0 Å². The zero-order valence-electron chi connectivity index (χ0n) is 12.8. The van der Waals surface area contributed by atoms with Crippen LogP contribution in [0.4, 0.5) is 0 Å². The number of carbonyl (C=O) groups excluding carboxylic acids is 1. The van der Waals surface area contributed by atoms with Crippen molar-refractivity contribution < 1.29 is 4.79 Å². The number of likely N-dealkylation sites (tertiary alicyclic amines) is 1. The second-order valence-corrected chi connectivity index (χ2v) is 6.28. The molecule has 4 nitrogen and oxygen atoms in total. The van der Waals surface area contributed by atoms with Gasteiger partial charge < -0.3 is 4.90 Å². The number of hydrogen-bond donors (Lipinski definition) is 0. The maximum Gasteiger partial charge on any atom is 0.237 e. The number of nitrogens with zero attached hydrogens (tertiary/aromatic N) is 3. The fourth-order valence-corrected chi connectivity index (χ4v) is 3.68. The van der Waals surface area contributed by atoms with Crippen molar-refractivity contribution >= 4 is 17.2 Å². The largest absolute Gasteiger partial charge is 0.332 e. The van der Waals surface area contributed by atoms with Crippen molar-refractivity contribution in [1.29, 1.82) is 0 Å². The highest BCUT2D eigenvalue weighted by molar-refractivity contribution is 7.09. The normalized spacial score (nSPS) is 19.6. The summed E-state index contributed by atoms with van der Waals surface area (Å²) in [6, 6.07) is 0.200. The van der Waals surface area contributed by atoms with Crippen LogP contribution in [-0.4, -0.2) is 46.9 Å². The first-order chi connectivity index (χ1) is 9.65. The minimum absolute atomic E-state index is 0.200. The third-order valence-corrected chi connectivity index (χ3v) is 5.06. The molecule has 112 valence electrons. The monoisotopic (exact) mass is 295 g/mol. The maximum atomic E-state index is 12.6. The van der Waals surface area contributed by atoms with Crippen LogP contribution in [0.5, 0.6) is 0 Å². The minimum Gasteiger partial charge on any atom is -0.332 e. The fourth-order valence-electron chi connectivity index (χ4n) is 2.74. The molecule has 0 N–H and O–H groups in total. The molecule has 0 unspecified atom stereocenters. The molecule has 2 heterocycles. The molecular formula is C15H25N3OS. The molecule has 20 heavy (non-hydrogen) atoms. The standard InChI is InChI=1S/C15H25N3OS/c1-4-17(5-2)10-14(19)18-9-7-6-8-13(18)15-16-12(3)11-20-15/h11,13H,4-10H2,1-3H3/t13-/m0/s1. The van der Waals surface area contributed by atoms with E-state index in [0.717, 1.165) is 43.2 Å². The van der Waals surface area contributed by atoms with E-state index in [2.05, 4.69) is 34.0 Å². The van der Waals surface area contributed by atoms with E-state index >= 15 is 0 Å². The van der Waals surface area contributed by atoms with Crippen molar-refractivity contribution in [3.8, 4) is 0 Å². The molecule has 1 aromatic rings. The smallest absolute Gasteiger partial charge is 0.237 e. The summed E-state index contributed by atoms with van der Waals surface area (Å²) >= 11 is 1.69. The van der Waals surface area contributed by atoms with Crippen molar-refractivity contribution in [2.75, 3.05) is 26.2 Å². The van der Waals surface area contributed by atoms with Crippen LogP contribution < -0.4 is 0 Å². The first-order valence-electron chi connectivity index (χ1n) is 7.59. The van der Waals surface area contributed by atoms with Crippen molar-refractivity contribution in [2.24, 2.45) is 0 Å². The number of thiazole rings is 1. The molecule has 0 spiro atoms. The summed E-state index contributed by atoms with van der Waals surface area (Å²) in [5, 5.41) is 3.19. The van der Waals surface area contributed by atoms with Gasteiger partial charge in [-0.15, -0.1) is 11.3 Å². The van der Waals surface area contributed by atoms with Crippen molar-refractivity contribution in [2.45, 2.75) is 46.1 Å². The number of aryl methyl sites for hydroxylation is 1. The average Bonchev–Trinajstić information content (AvgIpc) is 2.91. The van der Waals surface area contributed by atoms with Crippen LogP contribution in [0.1, 0.15) is 49.9 Å². The van der Waals surface area contributed by atoms with Crippen molar-refractivity contribution in [3.63, 3.8) is 0 Å². The zero-order valence-corrected chi connectivity index (χ0v) is 13.6. The summed E-state index contributed by atoms with van der Waals surface area (Å²) in [6.07, 6.45) is 3.36. The number of rotatable bonds is 5. The molecule has 1 fully saturated rings. The zero-order chi connectivity index (χ0) is 14.5. The molecule has 1 amide bonds. The van der Waals surface area contributed by atoms with E-state index in [9.17, 15) is 4.79 Å². The van der Waals surface area contributed by atoms with E-state index in [1.165, 1.54) is 6.42 Å². The lowest BCUT2D eigenvalue weighted by molar-refractivity contribution is -0.136. The Bertz CT molecular complexity index is 442. The summed E-state index contributed by atoms with van der Waals surface area (Å²) < 4.78 is 0. The first kappa shape index (κ1) is 15.4. The topological polar surface area (TPSA) is 36.4 Å². The summed E-state index contributed by atoms with van der Waals surface area (Å²) in [6.45, 7) is 9.50. The van der Waals surface area contributed by atoms with Gasteiger partial charge in [-0.1, -0.05) is 13.8 Å².